The second kappa shape index (κ2) is 8.71. The lowest BCUT2D eigenvalue weighted by molar-refractivity contribution is -0.123. The lowest BCUT2D eigenvalue weighted by Gasteiger charge is -2.40. The Labute approximate surface area is 130 Å². The van der Waals surface area contributed by atoms with Crippen molar-refractivity contribution in [2.45, 2.75) is 46.2 Å². The number of nitrogens with zero attached hydrogens (tertiary/aromatic N) is 2. The zero-order valence-electron chi connectivity index (χ0n) is 14.4. The molecule has 21 heavy (non-hydrogen) atoms. The molecule has 0 saturated carbocycles. The van der Waals surface area contributed by atoms with Gasteiger partial charge in [-0.15, -0.1) is 0 Å². The molecular formula is C16H34N4O. The molecule has 1 aliphatic heterocycles. The van der Waals surface area contributed by atoms with Crippen LogP contribution in [0.5, 0.6) is 0 Å². The number of nitrogens with one attached hydrogen (secondary N) is 1. The lowest BCUT2D eigenvalue weighted by Crippen LogP contribution is -2.55. The molecule has 2 atom stereocenters. The molecule has 1 aliphatic rings. The van der Waals surface area contributed by atoms with E-state index in [1.807, 2.05) is 0 Å². The van der Waals surface area contributed by atoms with Crippen molar-refractivity contribution in [1.29, 1.82) is 0 Å². The van der Waals surface area contributed by atoms with E-state index in [1.54, 1.807) is 0 Å². The number of piperazine rings is 1. The molecule has 0 aliphatic carbocycles. The first-order valence-electron chi connectivity index (χ1n) is 8.27. The number of rotatable bonds is 7. The second-order valence-electron chi connectivity index (χ2n) is 7.13. The molecule has 0 aromatic carbocycles. The monoisotopic (exact) mass is 298 g/mol. The van der Waals surface area contributed by atoms with Crippen molar-refractivity contribution in [2.24, 2.45) is 17.6 Å². The Morgan fingerprint density at radius 3 is 2.19 bits per heavy atom. The van der Waals surface area contributed by atoms with E-state index in [2.05, 4.69) is 49.9 Å². The molecule has 3 N–H and O–H groups in total. The van der Waals surface area contributed by atoms with Crippen LogP contribution in [-0.2, 0) is 4.79 Å². The minimum Gasteiger partial charge on any atom is -0.353 e. The van der Waals surface area contributed by atoms with Gasteiger partial charge in [0.2, 0.25) is 5.91 Å². The molecule has 1 saturated heterocycles. The van der Waals surface area contributed by atoms with Gasteiger partial charge in [0.05, 0.1) is 6.04 Å². The van der Waals surface area contributed by atoms with Crippen LogP contribution in [0, 0.1) is 11.8 Å². The Morgan fingerprint density at radius 1 is 1.14 bits per heavy atom. The number of carbonyl (C=O) groups is 1. The van der Waals surface area contributed by atoms with Crippen LogP contribution in [0.4, 0.5) is 0 Å². The fourth-order valence-corrected chi connectivity index (χ4v) is 2.89. The Morgan fingerprint density at radius 2 is 1.71 bits per heavy atom. The highest BCUT2D eigenvalue weighted by Crippen LogP contribution is 2.13. The van der Waals surface area contributed by atoms with Crippen LogP contribution >= 0.6 is 0 Å². The SMILES string of the molecule is CC(C)C[C@@H](N)C(=O)NCC(C(C)C)N1CCN(C)CC1. The molecule has 0 aromatic heterocycles. The first-order valence-corrected chi connectivity index (χ1v) is 8.27. The third kappa shape index (κ3) is 6.32. The summed E-state index contributed by atoms with van der Waals surface area (Å²) in [5, 5.41) is 3.06. The van der Waals surface area contributed by atoms with Crippen LogP contribution in [-0.4, -0.2) is 67.6 Å². The first kappa shape index (κ1) is 18.4. The number of nitrogens with two attached hydrogens (primary N) is 1. The van der Waals surface area contributed by atoms with Crippen molar-refractivity contribution in [3.63, 3.8) is 0 Å². The van der Waals surface area contributed by atoms with Gasteiger partial charge in [-0.1, -0.05) is 27.7 Å². The molecule has 0 aromatic rings. The maximum atomic E-state index is 12.1. The summed E-state index contributed by atoms with van der Waals surface area (Å²) in [5.74, 6) is 0.961. The lowest BCUT2D eigenvalue weighted by atomic mass is 10.0. The molecule has 5 heteroatoms. The Balaban J connectivity index is 2.46. The third-order valence-electron chi connectivity index (χ3n) is 4.32. The van der Waals surface area contributed by atoms with Gasteiger partial charge in [0.15, 0.2) is 0 Å². The van der Waals surface area contributed by atoms with Gasteiger partial charge in [-0.2, -0.15) is 0 Å². The van der Waals surface area contributed by atoms with Crippen molar-refractivity contribution < 1.29 is 4.79 Å². The molecule has 1 unspecified atom stereocenters. The quantitative estimate of drug-likeness (QED) is 0.728. The summed E-state index contributed by atoms with van der Waals surface area (Å²) in [6.45, 7) is 13.7. The summed E-state index contributed by atoms with van der Waals surface area (Å²) < 4.78 is 0. The average Bonchev–Trinajstić information content (AvgIpc) is 2.39. The number of hydrogen-bond donors (Lipinski definition) is 2. The second-order valence-corrected chi connectivity index (χ2v) is 7.13. The molecule has 1 heterocycles. The van der Waals surface area contributed by atoms with E-state index >= 15 is 0 Å². The predicted molar refractivity (Wildman–Crippen MR) is 88.1 cm³/mol. The zero-order chi connectivity index (χ0) is 16.0. The van der Waals surface area contributed by atoms with Crippen molar-refractivity contribution >= 4 is 5.91 Å². The molecule has 0 radical (unpaired) electrons. The molecule has 5 nitrogen and oxygen atoms in total. The van der Waals surface area contributed by atoms with E-state index in [0.29, 0.717) is 24.4 Å². The van der Waals surface area contributed by atoms with Crippen LogP contribution in [0.15, 0.2) is 0 Å². The molecule has 0 spiro atoms. The minimum absolute atomic E-state index is 0.0107. The number of carbonyl (C=O) groups excluding carboxylic acids is 1. The fraction of sp³-hybridized carbons (Fsp3) is 0.938. The summed E-state index contributed by atoms with van der Waals surface area (Å²) in [6, 6.07) is 0.0131. The number of hydrogen-bond acceptors (Lipinski definition) is 4. The van der Waals surface area contributed by atoms with Gasteiger partial charge in [-0.3, -0.25) is 9.69 Å². The Hall–Kier alpha value is -0.650. The van der Waals surface area contributed by atoms with Gasteiger partial charge in [-0.25, -0.2) is 0 Å². The van der Waals surface area contributed by atoms with Crippen LogP contribution in [0.2, 0.25) is 0 Å². The van der Waals surface area contributed by atoms with E-state index in [1.165, 1.54) is 0 Å². The van der Waals surface area contributed by atoms with Crippen LogP contribution < -0.4 is 11.1 Å². The Bertz CT molecular complexity index is 311. The molecule has 1 fully saturated rings. The highest BCUT2D eigenvalue weighted by molar-refractivity contribution is 5.81. The van der Waals surface area contributed by atoms with Crippen molar-refractivity contribution in [1.82, 2.24) is 15.1 Å². The zero-order valence-corrected chi connectivity index (χ0v) is 14.4. The van der Waals surface area contributed by atoms with Crippen LogP contribution in [0.25, 0.3) is 0 Å². The van der Waals surface area contributed by atoms with Crippen LogP contribution in [0.1, 0.15) is 34.1 Å². The van der Waals surface area contributed by atoms with Gasteiger partial charge >= 0.3 is 0 Å². The van der Waals surface area contributed by atoms with E-state index in [9.17, 15) is 4.79 Å². The maximum Gasteiger partial charge on any atom is 0.236 e. The van der Waals surface area contributed by atoms with Crippen LogP contribution in [0.3, 0.4) is 0 Å². The summed E-state index contributed by atoms with van der Waals surface area (Å²) in [6.07, 6.45) is 0.743. The predicted octanol–water partition coefficient (Wildman–Crippen LogP) is 0.748. The van der Waals surface area contributed by atoms with Crippen molar-refractivity contribution in [2.75, 3.05) is 39.8 Å². The largest absolute Gasteiger partial charge is 0.353 e. The Kier molecular flexibility index (Phi) is 7.63. The average molecular weight is 298 g/mol. The summed E-state index contributed by atoms with van der Waals surface area (Å²) >= 11 is 0. The normalized spacial score (nSPS) is 20.8. The van der Waals surface area contributed by atoms with Gasteiger partial charge in [0.25, 0.3) is 0 Å². The van der Waals surface area contributed by atoms with Gasteiger partial charge < -0.3 is 16.0 Å². The van der Waals surface area contributed by atoms with E-state index in [4.69, 9.17) is 5.73 Å². The van der Waals surface area contributed by atoms with Gasteiger partial charge in [-0.05, 0) is 25.3 Å². The third-order valence-corrected chi connectivity index (χ3v) is 4.32. The molecule has 124 valence electrons. The maximum absolute atomic E-state index is 12.1. The first-order chi connectivity index (χ1) is 9.81. The molecule has 1 amide bonds. The molecule has 1 rings (SSSR count). The van der Waals surface area contributed by atoms with E-state index < -0.39 is 0 Å². The standard InChI is InChI=1S/C16H34N4O/c1-12(2)10-14(17)16(21)18-11-15(13(3)4)20-8-6-19(5)7-9-20/h12-15H,6-11,17H2,1-5H3,(H,18,21)/t14-,15?/m1/s1. The minimum atomic E-state index is -0.384. The smallest absolute Gasteiger partial charge is 0.236 e. The van der Waals surface area contributed by atoms with Crippen molar-refractivity contribution in [3.05, 3.63) is 0 Å². The highest BCUT2D eigenvalue weighted by atomic mass is 16.2. The highest BCUT2D eigenvalue weighted by Gasteiger charge is 2.26. The summed E-state index contributed by atoms with van der Waals surface area (Å²) in [4.78, 5) is 16.9. The van der Waals surface area contributed by atoms with E-state index in [0.717, 1.165) is 32.6 Å². The topological polar surface area (TPSA) is 61.6 Å². The number of likely N-dealkylation sites (N-methyl/N-ethyl adjacent to an activating group) is 1. The van der Waals surface area contributed by atoms with Crippen molar-refractivity contribution in [3.8, 4) is 0 Å². The number of amides is 1. The molecular weight excluding hydrogens is 264 g/mol. The molecule has 0 bridgehead atoms. The van der Waals surface area contributed by atoms with Gasteiger partial charge in [0.1, 0.15) is 0 Å². The van der Waals surface area contributed by atoms with E-state index in [-0.39, 0.29) is 11.9 Å². The fourth-order valence-electron chi connectivity index (χ4n) is 2.89. The summed E-state index contributed by atoms with van der Waals surface area (Å²) in [7, 11) is 2.16. The van der Waals surface area contributed by atoms with Gasteiger partial charge in [0, 0.05) is 38.8 Å². The summed E-state index contributed by atoms with van der Waals surface area (Å²) in [5.41, 5.74) is 5.94.